The molecule has 2 heteroatoms. The highest BCUT2D eigenvalue weighted by Gasteiger charge is 2.10. The van der Waals surface area contributed by atoms with E-state index in [-0.39, 0.29) is 0 Å². The first-order valence-electron chi connectivity index (χ1n) is 12.5. The van der Waals surface area contributed by atoms with E-state index in [1.807, 2.05) is 0 Å². The summed E-state index contributed by atoms with van der Waals surface area (Å²) in [5.41, 5.74) is 5.72. The Kier molecular flexibility index (Phi) is 9.78. The summed E-state index contributed by atoms with van der Waals surface area (Å²) in [7, 11) is 0. The van der Waals surface area contributed by atoms with Crippen LogP contribution in [0.5, 0.6) is 0 Å². The van der Waals surface area contributed by atoms with Crippen LogP contribution >= 0.6 is 15.9 Å². The number of fused-ring (bicyclic) bond motifs is 3. The first-order chi connectivity index (χ1) is 14.7. The second-order valence-corrected chi connectivity index (χ2v) is 9.93. The van der Waals surface area contributed by atoms with Crippen molar-refractivity contribution in [2.45, 2.75) is 104 Å². The molecule has 0 atom stereocenters. The highest BCUT2D eigenvalue weighted by Crippen LogP contribution is 2.31. The molecule has 0 spiro atoms. The van der Waals surface area contributed by atoms with Gasteiger partial charge in [0.25, 0.3) is 0 Å². The lowest BCUT2D eigenvalue weighted by Crippen LogP contribution is -1.96. The van der Waals surface area contributed by atoms with Crippen molar-refractivity contribution in [1.29, 1.82) is 0 Å². The van der Waals surface area contributed by atoms with Gasteiger partial charge in [-0.2, -0.15) is 0 Å². The number of rotatable bonds is 14. The molecule has 0 saturated heterocycles. The Morgan fingerprint density at radius 1 is 0.600 bits per heavy atom. The van der Waals surface area contributed by atoms with E-state index in [9.17, 15) is 0 Å². The van der Waals surface area contributed by atoms with Gasteiger partial charge in [0.15, 0.2) is 0 Å². The molecule has 2 aromatic carbocycles. The summed E-state index contributed by atoms with van der Waals surface area (Å²) in [6.07, 6.45) is 18.9. The molecule has 0 aliphatic heterocycles. The zero-order valence-electron chi connectivity index (χ0n) is 19.2. The summed E-state index contributed by atoms with van der Waals surface area (Å²) in [4.78, 5) is 3.66. The van der Waals surface area contributed by atoms with Crippen LogP contribution in [0.25, 0.3) is 21.8 Å². The van der Waals surface area contributed by atoms with Crippen LogP contribution in [0.15, 0.2) is 34.8 Å². The van der Waals surface area contributed by atoms with Gasteiger partial charge in [-0.05, 0) is 67.1 Å². The number of aromatic nitrogens is 1. The fourth-order valence-electron chi connectivity index (χ4n) is 4.67. The molecule has 0 aliphatic rings. The maximum absolute atomic E-state index is 3.66. The van der Waals surface area contributed by atoms with Gasteiger partial charge in [0.05, 0.1) is 0 Å². The predicted molar refractivity (Wildman–Crippen MR) is 138 cm³/mol. The topological polar surface area (TPSA) is 15.8 Å². The van der Waals surface area contributed by atoms with E-state index >= 15 is 0 Å². The van der Waals surface area contributed by atoms with E-state index in [4.69, 9.17) is 0 Å². The Morgan fingerprint density at radius 2 is 1.13 bits per heavy atom. The SMILES string of the molecule is CCCCCCCCc1cc2[nH]c3ccc(Br)cc3c2cc1CCCCCCCC. The van der Waals surface area contributed by atoms with Gasteiger partial charge in [0.2, 0.25) is 0 Å². The maximum atomic E-state index is 3.66. The monoisotopic (exact) mass is 469 g/mol. The van der Waals surface area contributed by atoms with Gasteiger partial charge in [-0.25, -0.2) is 0 Å². The highest BCUT2D eigenvalue weighted by atomic mass is 79.9. The molecule has 0 amide bonds. The molecule has 1 N–H and O–H groups in total. The summed E-state index contributed by atoms with van der Waals surface area (Å²) in [5, 5.41) is 2.73. The molecule has 1 nitrogen and oxygen atoms in total. The van der Waals surface area contributed by atoms with E-state index in [0.29, 0.717) is 0 Å². The van der Waals surface area contributed by atoms with Gasteiger partial charge in [-0.15, -0.1) is 0 Å². The van der Waals surface area contributed by atoms with E-state index in [1.165, 1.54) is 112 Å². The van der Waals surface area contributed by atoms with Crippen LogP contribution in [-0.4, -0.2) is 4.98 Å². The van der Waals surface area contributed by atoms with Crippen molar-refractivity contribution < 1.29 is 0 Å². The second-order valence-electron chi connectivity index (χ2n) is 9.02. The standard InChI is InChI=1S/C28H40BrN/c1-3-5-7-9-11-13-15-22-19-25-26-21-24(29)17-18-27(26)30-28(25)20-23(22)16-14-12-10-8-6-4-2/h17-21,30H,3-16H2,1-2H3. The number of hydrogen-bond acceptors (Lipinski definition) is 0. The van der Waals surface area contributed by atoms with Crippen molar-refractivity contribution in [3.8, 4) is 0 Å². The summed E-state index contributed by atoms with van der Waals surface area (Å²) in [6.45, 7) is 4.59. The number of benzene rings is 2. The third-order valence-corrected chi connectivity index (χ3v) is 6.97. The number of unbranched alkanes of at least 4 members (excludes halogenated alkanes) is 10. The summed E-state index contributed by atoms with van der Waals surface area (Å²) in [5.74, 6) is 0. The Labute approximate surface area is 192 Å². The molecule has 1 aromatic heterocycles. The fourth-order valence-corrected chi connectivity index (χ4v) is 5.03. The van der Waals surface area contributed by atoms with Crippen molar-refractivity contribution in [1.82, 2.24) is 4.98 Å². The number of nitrogens with one attached hydrogen (secondary N) is 1. The third kappa shape index (κ3) is 6.61. The van der Waals surface area contributed by atoms with Crippen molar-refractivity contribution >= 4 is 37.7 Å². The van der Waals surface area contributed by atoms with Gasteiger partial charge in [0.1, 0.15) is 0 Å². The maximum Gasteiger partial charge on any atom is 0.0467 e. The zero-order valence-corrected chi connectivity index (χ0v) is 20.8. The molecule has 3 aromatic rings. The van der Waals surface area contributed by atoms with Crippen LogP contribution in [0.3, 0.4) is 0 Å². The average Bonchev–Trinajstić information content (AvgIpc) is 3.09. The molecular formula is C28H40BrN. The molecule has 0 bridgehead atoms. The van der Waals surface area contributed by atoms with E-state index < -0.39 is 0 Å². The number of H-pyrrole nitrogens is 1. The quantitative estimate of drug-likeness (QED) is 0.226. The molecule has 0 unspecified atom stereocenters. The van der Waals surface area contributed by atoms with Gasteiger partial charge in [-0.3, -0.25) is 0 Å². The van der Waals surface area contributed by atoms with Gasteiger partial charge >= 0.3 is 0 Å². The van der Waals surface area contributed by atoms with E-state index in [2.05, 4.69) is 65.1 Å². The molecular weight excluding hydrogens is 430 g/mol. The number of aromatic amines is 1. The van der Waals surface area contributed by atoms with Crippen LogP contribution in [0, 0.1) is 0 Å². The minimum atomic E-state index is 1.16. The Bertz CT molecular complexity index is 908. The highest BCUT2D eigenvalue weighted by molar-refractivity contribution is 9.10. The largest absolute Gasteiger partial charge is 0.355 e. The zero-order chi connectivity index (χ0) is 21.2. The summed E-state index contributed by atoms with van der Waals surface area (Å²) in [6, 6.07) is 11.5. The molecule has 164 valence electrons. The van der Waals surface area contributed by atoms with Crippen molar-refractivity contribution in [2.24, 2.45) is 0 Å². The lowest BCUT2D eigenvalue weighted by atomic mass is 9.94. The average molecular weight is 471 g/mol. The lowest BCUT2D eigenvalue weighted by Gasteiger charge is -2.11. The predicted octanol–water partition coefficient (Wildman–Crippen LogP) is 9.89. The van der Waals surface area contributed by atoms with Crippen LogP contribution in [-0.2, 0) is 12.8 Å². The van der Waals surface area contributed by atoms with Crippen molar-refractivity contribution in [3.63, 3.8) is 0 Å². The van der Waals surface area contributed by atoms with Crippen molar-refractivity contribution in [3.05, 3.63) is 45.9 Å². The number of aryl methyl sites for hydroxylation is 2. The molecule has 0 fully saturated rings. The van der Waals surface area contributed by atoms with Crippen LogP contribution in [0.4, 0.5) is 0 Å². The van der Waals surface area contributed by atoms with E-state index in [0.717, 1.165) is 4.47 Å². The first kappa shape index (κ1) is 23.4. The smallest absolute Gasteiger partial charge is 0.0467 e. The minimum absolute atomic E-state index is 1.16. The lowest BCUT2D eigenvalue weighted by molar-refractivity contribution is 0.599. The third-order valence-electron chi connectivity index (χ3n) is 6.48. The molecule has 30 heavy (non-hydrogen) atoms. The normalized spacial score (nSPS) is 11.7. The Morgan fingerprint density at radius 3 is 1.77 bits per heavy atom. The minimum Gasteiger partial charge on any atom is -0.355 e. The molecule has 0 radical (unpaired) electrons. The van der Waals surface area contributed by atoms with Gasteiger partial charge in [0, 0.05) is 26.3 Å². The molecule has 3 rings (SSSR count). The number of hydrogen-bond donors (Lipinski definition) is 1. The van der Waals surface area contributed by atoms with Gasteiger partial charge in [-0.1, -0.05) is 94.0 Å². The van der Waals surface area contributed by atoms with Gasteiger partial charge < -0.3 is 4.98 Å². The van der Waals surface area contributed by atoms with Crippen molar-refractivity contribution in [2.75, 3.05) is 0 Å². The summed E-state index contributed by atoms with van der Waals surface area (Å²) >= 11 is 3.65. The number of halogens is 1. The van der Waals surface area contributed by atoms with E-state index in [1.54, 1.807) is 11.1 Å². The van der Waals surface area contributed by atoms with Crippen LogP contribution < -0.4 is 0 Å². The second kappa shape index (κ2) is 12.5. The van der Waals surface area contributed by atoms with Crippen LogP contribution in [0.1, 0.15) is 102 Å². The molecule has 1 heterocycles. The molecule has 0 saturated carbocycles. The Balaban J connectivity index is 1.73. The Hall–Kier alpha value is -1.28. The summed E-state index contributed by atoms with van der Waals surface area (Å²) < 4.78 is 1.16. The fraction of sp³-hybridized carbons (Fsp3) is 0.571. The first-order valence-corrected chi connectivity index (χ1v) is 13.2. The van der Waals surface area contributed by atoms with Crippen LogP contribution in [0.2, 0.25) is 0 Å². The molecule has 0 aliphatic carbocycles.